The summed E-state index contributed by atoms with van der Waals surface area (Å²) in [4.78, 5) is 38.3. The molecule has 188 valence electrons. The summed E-state index contributed by atoms with van der Waals surface area (Å²) in [6.07, 6.45) is 1.04. The fraction of sp³-hybridized carbons (Fsp3) is 0.318. The number of primary amides is 1. The Morgan fingerprint density at radius 2 is 1.89 bits per heavy atom. The molecule has 35 heavy (non-hydrogen) atoms. The van der Waals surface area contributed by atoms with E-state index in [2.05, 4.69) is 0 Å². The number of hydrogen-bond acceptors (Lipinski definition) is 7. The lowest BCUT2D eigenvalue weighted by atomic mass is 9.98. The minimum absolute atomic E-state index is 0.00730. The van der Waals surface area contributed by atoms with Crippen molar-refractivity contribution in [3.05, 3.63) is 52.0 Å². The summed E-state index contributed by atoms with van der Waals surface area (Å²) in [6.45, 7) is -1.21. The predicted molar refractivity (Wildman–Crippen MR) is 130 cm³/mol. The van der Waals surface area contributed by atoms with Gasteiger partial charge in [-0.05, 0) is 61.2 Å². The first kappa shape index (κ1) is 26.6. The molecule has 4 N–H and O–H groups in total. The number of nitrogens with zero attached hydrogens (tertiary/aromatic N) is 2. The van der Waals surface area contributed by atoms with Gasteiger partial charge in [-0.15, -0.1) is 0 Å². The van der Waals surface area contributed by atoms with E-state index in [1.165, 1.54) is 19.2 Å². The van der Waals surface area contributed by atoms with Crippen molar-refractivity contribution in [1.29, 1.82) is 0 Å². The molecule has 0 saturated carbocycles. The molecule has 1 fully saturated rings. The van der Waals surface area contributed by atoms with E-state index in [-0.39, 0.29) is 28.6 Å². The lowest BCUT2D eigenvalue weighted by molar-refractivity contribution is -0.132. The number of amides is 4. The van der Waals surface area contributed by atoms with E-state index in [0.717, 1.165) is 11.6 Å². The van der Waals surface area contributed by atoms with Crippen LogP contribution in [0.1, 0.15) is 18.4 Å². The molecule has 1 saturated heterocycles. The third-order valence-corrected chi connectivity index (χ3v) is 7.96. The zero-order valence-corrected chi connectivity index (χ0v) is 21.1. The molecule has 0 aromatic heterocycles. The van der Waals surface area contributed by atoms with Gasteiger partial charge in [0.25, 0.3) is 15.9 Å². The summed E-state index contributed by atoms with van der Waals surface area (Å²) in [5, 5.41) is 0.646. The number of methoxy groups -OCH3 is 1. The first-order chi connectivity index (χ1) is 16.4. The number of hydrogen-bond donors (Lipinski definition) is 2. The van der Waals surface area contributed by atoms with Crippen molar-refractivity contribution in [2.24, 2.45) is 11.7 Å². The maximum Gasteiger partial charge on any atom is 0.321 e. The number of benzene rings is 2. The van der Waals surface area contributed by atoms with Crippen molar-refractivity contribution >= 4 is 56.8 Å². The van der Waals surface area contributed by atoms with Gasteiger partial charge < -0.3 is 16.2 Å². The summed E-state index contributed by atoms with van der Waals surface area (Å²) in [5.41, 5.74) is 11.9. The quantitative estimate of drug-likeness (QED) is 0.509. The van der Waals surface area contributed by atoms with Crippen molar-refractivity contribution < 1.29 is 27.5 Å². The second kappa shape index (κ2) is 10.7. The second-order valence-corrected chi connectivity index (χ2v) is 10.6. The number of halogens is 2. The number of aryl methyl sites for hydroxylation is 1. The molecule has 4 amide bonds. The Morgan fingerprint density at radius 3 is 2.51 bits per heavy atom. The van der Waals surface area contributed by atoms with Crippen LogP contribution in [0.15, 0.2) is 41.3 Å². The zero-order valence-electron chi connectivity index (χ0n) is 18.7. The van der Waals surface area contributed by atoms with Gasteiger partial charge in [0, 0.05) is 11.6 Å². The third kappa shape index (κ3) is 5.80. The number of urea groups is 1. The smallest absolute Gasteiger partial charge is 0.321 e. The number of nitrogen functional groups attached to an aromatic ring is 1. The Balaban J connectivity index is 1.89. The molecule has 13 heteroatoms. The summed E-state index contributed by atoms with van der Waals surface area (Å²) in [7, 11) is -2.96. The largest absolute Gasteiger partial charge is 0.496 e. The lowest BCUT2D eigenvalue weighted by Gasteiger charge is -2.23. The van der Waals surface area contributed by atoms with Crippen LogP contribution in [-0.2, 0) is 26.0 Å². The molecule has 10 nitrogen and oxygen atoms in total. The molecule has 2 aromatic carbocycles. The molecule has 1 unspecified atom stereocenters. The number of imide groups is 1. The molecule has 0 aliphatic carbocycles. The molecule has 1 atom stereocenters. The molecule has 0 spiro atoms. The Kier molecular flexibility index (Phi) is 8.14. The highest BCUT2D eigenvalue weighted by Gasteiger charge is 2.41. The zero-order chi connectivity index (χ0) is 25.9. The van der Waals surface area contributed by atoms with E-state index >= 15 is 0 Å². The van der Waals surface area contributed by atoms with E-state index in [1.807, 2.05) is 0 Å². The van der Waals surface area contributed by atoms with Crippen LogP contribution in [-0.4, -0.2) is 55.7 Å². The van der Waals surface area contributed by atoms with Crippen LogP contribution in [0.2, 0.25) is 10.0 Å². The maximum absolute atomic E-state index is 13.4. The Morgan fingerprint density at radius 1 is 1.17 bits per heavy atom. The second-order valence-electron chi connectivity index (χ2n) is 7.92. The predicted octanol–water partition coefficient (Wildman–Crippen LogP) is 2.66. The minimum Gasteiger partial charge on any atom is -0.496 e. The Bertz CT molecular complexity index is 1270. The Labute approximate surface area is 212 Å². The summed E-state index contributed by atoms with van der Waals surface area (Å²) >= 11 is 11.9. The molecular weight excluding hydrogens is 519 g/mol. The first-order valence-electron chi connectivity index (χ1n) is 10.5. The van der Waals surface area contributed by atoms with Gasteiger partial charge in [0.05, 0.1) is 28.6 Å². The average Bonchev–Trinajstić information content (AvgIpc) is 2.92. The lowest BCUT2D eigenvalue weighted by Crippen LogP contribution is -2.45. The standard InChI is InChI=1S/C22H24Cl2N4O6S/c1-34-19-8-5-15(23)9-13(19)3-2-4-14-11-27(22(26)31)20(29)12-28(21(14)30)35(32,33)16-6-7-17(24)18(25)10-16/h5-10,14H,2-4,11-12,25H2,1H3,(H2,26,31). The molecule has 1 aliphatic heterocycles. The van der Waals surface area contributed by atoms with Crippen molar-refractivity contribution in [2.45, 2.75) is 24.2 Å². The number of carbonyl (C=O) groups is 3. The van der Waals surface area contributed by atoms with Crippen molar-refractivity contribution in [1.82, 2.24) is 9.21 Å². The molecule has 1 heterocycles. The van der Waals surface area contributed by atoms with Crippen LogP contribution in [0, 0.1) is 5.92 Å². The fourth-order valence-electron chi connectivity index (χ4n) is 3.81. The Hall–Kier alpha value is -3.02. The third-order valence-electron chi connectivity index (χ3n) is 5.64. The van der Waals surface area contributed by atoms with Crippen LogP contribution < -0.4 is 16.2 Å². The van der Waals surface area contributed by atoms with Gasteiger partial charge in [0.15, 0.2) is 0 Å². The first-order valence-corrected chi connectivity index (χ1v) is 12.7. The normalized spacial score (nSPS) is 16.8. The summed E-state index contributed by atoms with van der Waals surface area (Å²) in [5.74, 6) is -2.12. The van der Waals surface area contributed by atoms with Gasteiger partial charge in [-0.2, -0.15) is 0 Å². The van der Waals surface area contributed by atoms with Crippen molar-refractivity contribution in [3.8, 4) is 5.75 Å². The number of anilines is 1. The van der Waals surface area contributed by atoms with Gasteiger partial charge in [0.1, 0.15) is 12.3 Å². The molecule has 1 aliphatic rings. The van der Waals surface area contributed by atoms with Crippen molar-refractivity contribution in [3.63, 3.8) is 0 Å². The molecule has 3 rings (SSSR count). The fourth-order valence-corrected chi connectivity index (χ4v) is 5.56. The van der Waals surface area contributed by atoms with E-state index < -0.39 is 40.3 Å². The minimum atomic E-state index is -4.47. The van der Waals surface area contributed by atoms with Gasteiger partial charge >= 0.3 is 6.03 Å². The van der Waals surface area contributed by atoms with Crippen LogP contribution in [0.25, 0.3) is 0 Å². The van der Waals surface area contributed by atoms with E-state index in [4.69, 9.17) is 39.4 Å². The van der Waals surface area contributed by atoms with Gasteiger partial charge in [-0.25, -0.2) is 17.5 Å². The van der Waals surface area contributed by atoms with Crippen LogP contribution in [0.5, 0.6) is 5.75 Å². The SMILES string of the molecule is COc1ccc(Cl)cc1CCCC1CN(C(N)=O)C(=O)CN(S(=O)(=O)c2ccc(Cl)c(N)c2)C1=O. The number of ether oxygens (including phenoxy) is 1. The topological polar surface area (TPSA) is 153 Å². The molecule has 0 radical (unpaired) electrons. The highest BCUT2D eigenvalue weighted by Crippen LogP contribution is 2.29. The van der Waals surface area contributed by atoms with E-state index in [1.54, 1.807) is 18.2 Å². The summed E-state index contributed by atoms with van der Waals surface area (Å²) in [6, 6.07) is 7.63. The highest BCUT2D eigenvalue weighted by atomic mass is 35.5. The molecule has 0 bridgehead atoms. The van der Waals surface area contributed by atoms with E-state index in [9.17, 15) is 22.8 Å². The number of rotatable bonds is 7. The number of nitrogens with two attached hydrogens (primary N) is 2. The van der Waals surface area contributed by atoms with Crippen molar-refractivity contribution in [2.75, 3.05) is 25.9 Å². The van der Waals surface area contributed by atoms with Gasteiger partial charge in [0.2, 0.25) is 5.91 Å². The summed E-state index contributed by atoms with van der Waals surface area (Å²) < 4.78 is 32.4. The van der Waals surface area contributed by atoms with Crippen LogP contribution in [0.3, 0.4) is 0 Å². The van der Waals surface area contributed by atoms with Gasteiger partial charge in [-0.3, -0.25) is 14.5 Å². The monoisotopic (exact) mass is 542 g/mol. The van der Waals surface area contributed by atoms with Crippen LogP contribution >= 0.6 is 23.2 Å². The number of carbonyl (C=O) groups excluding carboxylic acids is 3. The van der Waals surface area contributed by atoms with Gasteiger partial charge in [-0.1, -0.05) is 23.2 Å². The average molecular weight is 543 g/mol. The molecule has 2 aromatic rings. The van der Waals surface area contributed by atoms with E-state index in [0.29, 0.717) is 32.8 Å². The molecular formula is C22H24Cl2N4O6S. The maximum atomic E-state index is 13.4. The number of sulfonamides is 1. The van der Waals surface area contributed by atoms with Crippen LogP contribution in [0.4, 0.5) is 10.5 Å². The highest BCUT2D eigenvalue weighted by molar-refractivity contribution is 7.89.